The molecule has 1 aliphatic heterocycles. The molecule has 2 unspecified atom stereocenters. The summed E-state index contributed by atoms with van der Waals surface area (Å²) >= 11 is 0. The van der Waals surface area contributed by atoms with Crippen molar-refractivity contribution < 1.29 is 19.2 Å². The second-order valence-corrected chi connectivity index (χ2v) is 10.4. The molecule has 188 valence electrons. The molecule has 0 aromatic heterocycles. The van der Waals surface area contributed by atoms with E-state index in [-0.39, 0.29) is 55.2 Å². The van der Waals surface area contributed by atoms with Gasteiger partial charge < -0.3 is 15.5 Å². The Hall–Kier alpha value is -2.38. The van der Waals surface area contributed by atoms with Gasteiger partial charge in [-0.3, -0.25) is 19.3 Å². The molecule has 0 radical (unpaired) electrons. The first kappa shape index (κ1) is 24.7. The lowest BCUT2D eigenvalue weighted by atomic mass is 9.81. The summed E-state index contributed by atoms with van der Waals surface area (Å²) < 4.78 is 0. The minimum absolute atomic E-state index is 0.0307. The van der Waals surface area contributed by atoms with Gasteiger partial charge in [0.25, 0.3) is 0 Å². The summed E-state index contributed by atoms with van der Waals surface area (Å²) in [5.41, 5.74) is 1.40. The van der Waals surface area contributed by atoms with Gasteiger partial charge in [-0.2, -0.15) is 0 Å². The molecule has 1 saturated heterocycles. The van der Waals surface area contributed by atoms with Crippen molar-refractivity contribution in [1.29, 1.82) is 0 Å². The third-order valence-electron chi connectivity index (χ3n) is 7.94. The number of allylic oxidation sites excluding steroid dienone is 1. The van der Waals surface area contributed by atoms with Gasteiger partial charge >= 0.3 is 6.03 Å². The lowest BCUT2D eigenvalue weighted by Crippen LogP contribution is -2.64. The highest BCUT2D eigenvalue weighted by molar-refractivity contribution is 6.00. The van der Waals surface area contributed by atoms with Crippen molar-refractivity contribution >= 4 is 23.8 Å². The molecular weight excluding hydrogens is 432 g/mol. The third kappa shape index (κ3) is 6.19. The van der Waals surface area contributed by atoms with E-state index < -0.39 is 6.03 Å². The van der Waals surface area contributed by atoms with Gasteiger partial charge in [-0.05, 0) is 57.8 Å². The van der Waals surface area contributed by atoms with Crippen LogP contribution < -0.4 is 10.6 Å². The van der Waals surface area contributed by atoms with E-state index in [1.54, 1.807) is 4.90 Å². The molecule has 8 nitrogen and oxygen atoms in total. The summed E-state index contributed by atoms with van der Waals surface area (Å²) in [6.07, 6.45) is 15.6. The Morgan fingerprint density at radius 1 is 0.941 bits per heavy atom. The molecule has 2 saturated carbocycles. The van der Waals surface area contributed by atoms with Crippen molar-refractivity contribution in [3.63, 3.8) is 0 Å². The molecule has 0 aromatic rings. The predicted octanol–water partition coefficient (Wildman–Crippen LogP) is 3.27. The maximum Gasteiger partial charge on any atom is 0.327 e. The van der Waals surface area contributed by atoms with Crippen molar-refractivity contribution in [2.24, 2.45) is 5.92 Å². The van der Waals surface area contributed by atoms with Gasteiger partial charge in [0.2, 0.25) is 17.7 Å². The van der Waals surface area contributed by atoms with Crippen molar-refractivity contribution in [3.8, 4) is 0 Å². The quantitative estimate of drug-likeness (QED) is 0.503. The van der Waals surface area contributed by atoms with Crippen LogP contribution in [0.4, 0.5) is 4.79 Å². The van der Waals surface area contributed by atoms with E-state index in [1.165, 1.54) is 23.3 Å². The zero-order valence-corrected chi connectivity index (χ0v) is 20.4. The SMILES string of the molecule is O=C(CN1C(=O)N(CCC(=O)NC2CCCC2)C(=O)C2CCCCC21)NCCC1=CCCCC1. The summed E-state index contributed by atoms with van der Waals surface area (Å²) in [6, 6.07) is -0.427. The van der Waals surface area contributed by atoms with Crippen LogP contribution in [0.1, 0.15) is 89.9 Å². The highest BCUT2D eigenvalue weighted by Gasteiger charge is 2.47. The zero-order valence-electron chi connectivity index (χ0n) is 20.4. The van der Waals surface area contributed by atoms with E-state index >= 15 is 0 Å². The maximum absolute atomic E-state index is 13.3. The van der Waals surface area contributed by atoms with Crippen molar-refractivity contribution in [1.82, 2.24) is 20.4 Å². The minimum Gasteiger partial charge on any atom is -0.354 e. The monoisotopic (exact) mass is 472 g/mol. The summed E-state index contributed by atoms with van der Waals surface area (Å²) in [4.78, 5) is 54.4. The molecule has 0 bridgehead atoms. The van der Waals surface area contributed by atoms with E-state index in [2.05, 4.69) is 16.7 Å². The molecule has 5 amide bonds. The number of hydrogen-bond donors (Lipinski definition) is 2. The first-order valence-electron chi connectivity index (χ1n) is 13.4. The van der Waals surface area contributed by atoms with E-state index in [0.717, 1.165) is 70.6 Å². The Morgan fingerprint density at radius 2 is 1.71 bits per heavy atom. The number of nitrogens with one attached hydrogen (secondary N) is 2. The molecule has 0 aromatic carbocycles. The molecular formula is C26H40N4O4. The van der Waals surface area contributed by atoms with Crippen LogP contribution in [0, 0.1) is 5.92 Å². The van der Waals surface area contributed by atoms with Crippen LogP contribution in [0.5, 0.6) is 0 Å². The Labute approximate surface area is 202 Å². The fourth-order valence-corrected chi connectivity index (χ4v) is 6.04. The number of rotatable bonds is 9. The number of carbonyl (C=O) groups is 4. The number of hydrogen-bond acceptors (Lipinski definition) is 4. The fraction of sp³-hybridized carbons (Fsp3) is 0.769. The highest BCUT2D eigenvalue weighted by atomic mass is 16.2. The van der Waals surface area contributed by atoms with Gasteiger partial charge in [-0.1, -0.05) is 37.3 Å². The van der Waals surface area contributed by atoms with Crippen LogP contribution in [0.15, 0.2) is 11.6 Å². The van der Waals surface area contributed by atoms with E-state index in [0.29, 0.717) is 6.54 Å². The van der Waals surface area contributed by atoms with Gasteiger partial charge in [0.05, 0.1) is 5.92 Å². The van der Waals surface area contributed by atoms with Crippen molar-refractivity contribution in [3.05, 3.63) is 11.6 Å². The first-order valence-corrected chi connectivity index (χ1v) is 13.4. The van der Waals surface area contributed by atoms with Gasteiger partial charge in [0.1, 0.15) is 6.54 Å². The van der Waals surface area contributed by atoms with Gasteiger partial charge in [0.15, 0.2) is 0 Å². The standard InChI is InChI=1S/C26H40N4O4/c31-23(28-20-10-4-5-11-20)15-17-29-25(33)21-12-6-7-13-22(21)30(26(29)34)18-24(32)27-16-14-19-8-2-1-3-9-19/h8,20-22H,1-7,9-18H2,(H,27,32)(H,28,31). The van der Waals surface area contributed by atoms with Crippen LogP contribution in [-0.2, 0) is 14.4 Å². The van der Waals surface area contributed by atoms with E-state index in [9.17, 15) is 19.2 Å². The Bertz CT molecular complexity index is 805. The minimum atomic E-state index is -0.424. The van der Waals surface area contributed by atoms with Gasteiger partial charge in [0, 0.05) is 31.6 Å². The van der Waals surface area contributed by atoms with Gasteiger partial charge in [-0.25, -0.2) is 4.79 Å². The molecule has 8 heteroatoms. The fourth-order valence-electron chi connectivity index (χ4n) is 6.04. The second kappa shape index (κ2) is 11.8. The Morgan fingerprint density at radius 3 is 2.47 bits per heavy atom. The first-order chi connectivity index (χ1) is 16.5. The zero-order chi connectivity index (χ0) is 23.9. The number of nitrogens with zero attached hydrogens (tertiary/aromatic N) is 2. The van der Waals surface area contributed by atoms with Crippen molar-refractivity contribution in [2.75, 3.05) is 19.6 Å². The molecule has 4 rings (SSSR count). The molecule has 3 aliphatic carbocycles. The topological polar surface area (TPSA) is 98.8 Å². The number of imide groups is 1. The highest BCUT2D eigenvalue weighted by Crippen LogP contribution is 2.34. The lowest BCUT2D eigenvalue weighted by Gasteiger charge is -2.46. The summed E-state index contributed by atoms with van der Waals surface area (Å²) in [6.45, 7) is 0.619. The third-order valence-corrected chi connectivity index (χ3v) is 7.94. The van der Waals surface area contributed by atoms with Crippen LogP contribution in [-0.4, -0.2) is 65.3 Å². The Balaban J connectivity index is 1.33. The van der Waals surface area contributed by atoms with E-state index in [4.69, 9.17) is 0 Å². The number of carbonyl (C=O) groups excluding carboxylic acids is 4. The normalized spacial score (nSPS) is 25.7. The molecule has 0 spiro atoms. The summed E-state index contributed by atoms with van der Waals surface area (Å²) in [7, 11) is 0. The average molecular weight is 473 g/mol. The van der Waals surface area contributed by atoms with Crippen LogP contribution in [0.3, 0.4) is 0 Å². The summed E-state index contributed by atoms with van der Waals surface area (Å²) in [5, 5.41) is 6.00. The van der Waals surface area contributed by atoms with Crippen LogP contribution >= 0.6 is 0 Å². The lowest BCUT2D eigenvalue weighted by molar-refractivity contribution is -0.142. The summed E-state index contributed by atoms with van der Waals surface area (Å²) in [5.74, 6) is -0.740. The largest absolute Gasteiger partial charge is 0.354 e. The van der Waals surface area contributed by atoms with Crippen LogP contribution in [0.25, 0.3) is 0 Å². The smallest absolute Gasteiger partial charge is 0.327 e. The number of urea groups is 1. The van der Waals surface area contributed by atoms with Gasteiger partial charge in [-0.15, -0.1) is 0 Å². The predicted molar refractivity (Wildman–Crippen MR) is 129 cm³/mol. The molecule has 34 heavy (non-hydrogen) atoms. The molecule has 1 heterocycles. The molecule has 4 aliphatic rings. The Kier molecular flexibility index (Phi) is 8.62. The van der Waals surface area contributed by atoms with Crippen LogP contribution in [0.2, 0.25) is 0 Å². The maximum atomic E-state index is 13.3. The molecule has 2 atom stereocenters. The molecule has 2 N–H and O–H groups in total. The van der Waals surface area contributed by atoms with E-state index in [1.807, 2.05) is 0 Å². The number of amides is 5. The second-order valence-electron chi connectivity index (χ2n) is 10.4. The number of fused-ring (bicyclic) bond motifs is 1. The average Bonchev–Trinajstić information content (AvgIpc) is 3.35. The molecule has 3 fully saturated rings. The van der Waals surface area contributed by atoms with Crippen molar-refractivity contribution in [2.45, 2.75) is 102 Å².